The van der Waals surface area contributed by atoms with Crippen LogP contribution >= 0.6 is 25.3 Å². The van der Waals surface area contributed by atoms with Crippen LogP contribution in [0, 0.1) is 11.8 Å². The summed E-state index contributed by atoms with van der Waals surface area (Å²) in [5.41, 5.74) is 52.2. The maximum absolute atomic E-state index is 15.0. The number of nitrogens with two attached hydrogens (primary N) is 9. The first-order chi connectivity index (χ1) is 51.7. The van der Waals surface area contributed by atoms with E-state index in [1.807, 2.05) is 13.8 Å². The number of thiol groups is 2. The first kappa shape index (κ1) is 93.0. The second-order valence-corrected chi connectivity index (χ2v) is 27.5. The fourth-order valence-corrected chi connectivity index (χ4v) is 11.9. The molecule has 0 saturated carbocycles. The molecule has 1 saturated heterocycles. The van der Waals surface area contributed by atoms with E-state index in [1.165, 1.54) is 17.0 Å². The minimum Gasteiger partial charge on any atom is -0.508 e. The van der Waals surface area contributed by atoms with Gasteiger partial charge in [0.15, 0.2) is 17.9 Å². The molecular weight excluding hydrogens is 1450 g/mol. The lowest BCUT2D eigenvalue weighted by molar-refractivity contribution is -0.143. The van der Waals surface area contributed by atoms with E-state index in [9.17, 15) is 67.4 Å². The Morgan fingerprint density at radius 3 is 1.49 bits per heavy atom. The number of amides is 13. The van der Waals surface area contributed by atoms with E-state index in [4.69, 9.17) is 51.6 Å². The Balaban J connectivity index is 1.93. The number of hydrogen-bond donors (Lipinski definition) is 23. The largest absolute Gasteiger partial charge is 0.508 e. The number of hydrogen-bond acceptors (Lipinski definition) is 21. The van der Waals surface area contributed by atoms with Gasteiger partial charge in [0.05, 0.1) is 19.1 Å². The highest BCUT2D eigenvalue weighted by Gasteiger charge is 2.41. The van der Waals surface area contributed by atoms with E-state index in [1.54, 1.807) is 56.3 Å². The van der Waals surface area contributed by atoms with Gasteiger partial charge in [-0.3, -0.25) is 77.3 Å². The zero-order valence-corrected chi connectivity index (χ0v) is 64.1. The normalized spacial score (nSPS) is 15.4. The molecule has 1 aliphatic rings. The lowest BCUT2D eigenvalue weighted by Crippen LogP contribution is -2.61. The van der Waals surface area contributed by atoms with Crippen molar-refractivity contribution in [2.45, 2.75) is 190 Å². The highest BCUT2D eigenvalue weighted by molar-refractivity contribution is 7.80. The molecule has 1 heterocycles. The van der Waals surface area contributed by atoms with E-state index < -0.39 is 162 Å². The summed E-state index contributed by atoms with van der Waals surface area (Å²) >= 11 is 8.46. The number of unbranched alkanes of at least 4 members (excludes halogenated alkanes) is 1. The van der Waals surface area contributed by atoms with Crippen LogP contribution in [0.3, 0.4) is 0 Å². The molecule has 1 aliphatic heterocycles. The maximum atomic E-state index is 15.0. The smallest absolute Gasteiger partial charge is 0.245 e. The summed E-state index contributed by atoms with van der Waals surface area (Å²) in [5.74, 6) is -12.4. The monoisotopic (exact) mass is 1570 g/mol. The van der Waals surface area contributed by atoms with Gasteiger partial charge in [0.2, 0.25) is 76.8 Å². The molecule has 40 heteroatoms. The molecule has 1 fully saturated rings. The van der Waals surface area contributed by atoms with Gasteiger partial charge in [-0.1, -0.05) is 76.6 Å². The van der Waals surface area contributed by atoms with Crippen molar-refractivity contribution in [2.75, 3.05) is 57.3 Å². The van der Waals surface area contributed by atoms with Gasteiger partial charge < -0.3 is 120 Å². The summed E-state index contributed by atoms with van der Waals surface area (Å²) in [6.07, 6.45) is 1.65. The number of aliphatic imine (C=N–C) groups is 3. The Morgan fingerprint density at radius 2 is 0.963 bits per heavy atom. The van der Waals surface area contributed by atoms with Crippen molar-refractivity contribution in [3.05, 3.63) is 65.7 Å². The van der Waals surface area contributed by atoms with E-state index in [-0.39, 0.29) is 151 Å². The Labute approximate surface area is 645 Å². The third-order valence-electron chi connectivity index (χ3n) is 17.5. The highest BCUT2D eigenvalue weighted by atomic mass is 32.1. The Kier molecular flexibility index (Phi) is 42.4. The molecule has 38 nitrogen and oxygen atoms in total. The van der Waals surface area contributed by atoms with Crippen LogP contribution in [0.2, 0.25) is 0 Å². The number of carbonyl (C=O) groups is 13. The number of phenols is 1. The molecule has 2 aromatic rings. The molecule has 0 aliphatic carbocycles. The summed E-state index contributed by atoms with van der Waals surface area (Å²) in [7, 11) is 0. The Morgan fingerprint density at radius 1 is 0.505 bits per heavy atom. The van der Waals surface area contributed by atoms with Crippen LogP contribution in [0.5, 0.6) is 5.75 Å². The van der Waals surface area contributed by atoms with E-state index in [0.717, 1.165) is 0 Å². The third kappa shape index (κ3) is 35.1. The second kappa shape index (κ2) is 49.7. The fourth-order valence-electron chi connectivity index (χ4n) is 11.3. The minimum absolute atomic E-state index is 0.0134. The van der Waals surface area contributed by atoms with Crippen molar-refractivity contribution >= 4 is 120 Å². The zero-order valence-electron chi connectivity index (χ0n) is 62.3. The predicted octanol–water partition coefficient (Wildman–Crippen LogP) is -6.18. The van der Waals surface area contributed by atoms with Crippen LogP contribution < -0.4 is 110 Å². The van der Waals surface area contributed by atoms with Crippen LogP contribution in [0.15, 0.2) is 69.6 Å². The molecule has 0 radical (unpaired) electrons. The predicted molar refractivity (Wildman–Crippen MR) is 417 cm³/mol. The van der Waals surface area contributed by atoms with E-state index in [0.29, 0.717) is 30.4 Å². The number of nitrogens with zero attached hydrogens (tertiary/aromatic N) is 4. The number of carbonyl (C=O) groups excluding carboxylic acids is 13. The fraction of sp³-hybridized carbons (Fsp3) is 0.594. The lowest BCUT2D eigenvalue weighted by Gasteiger charge is -2.32. The van der Waals surface area contributed by atoms with Gasteiger partial charge >= 0.3 is 0 Å². The number of guanidine groups is 3. The molecule has 0 bridgehead atoms. The highest BCUT2D eigenvalue weighted by Crippen LogP contribution is 2.22. The Bertz CT molecular complexity index is 3420. The van der Waals surface area contributed by atoms with Crippen molar-refractivity contribution < 1.29 is 67.4 Å². The van der Waals surface area contributed by atoms with Crippen LogP contribution in [0.25, 0.3) is 0 Å². The van der Waals surface area contributed by atoms with Crippen molar-refractivity contribution in [1.29, 1.82) is 0 Å². The standard InChI is InChI=1S/C69H114N24O14S2/c1-5-39(4)55(65(106)88-47(20-13-29-81-69(77)78)66(107)93-30-14-21-52(93)64(105)87-44(17-9-10-26-70)59(100)89-48(31-38(2)3)61(102)90-50(36-108)56(72)97)92-60(101)46(19-12-28-80-68(75)76)85-58(99)45(18-11-27-79-67(73)74)86-63(104)51(37-109)91-62(103)49(33-40-15-7-6-8-16-40)84-54(96)35-82-53(95)34-83-57(98)43(71)32-41-22-24-42(94)25-23-41/h6-8,15-16,22-25,38-39,43-52,55,94,108-109H,5,9-14,17-21,26-37,70-71H2,1-4H3,(H2,72,97)(H,82,95)(H,83,98)(H,84,96)(H,85,99)(H,86,104)(H,87,105)(H,88,106)(H,89,100)(H,90,102)(H,91,103)(H,92,101)(H4,73,74,79)(H4,75,76,80)(H4,77,78,81)/t39-,43-,44-,45-,46-,47-,48-,49-,50-,51+,52+,55-/m0/s1. The van der Waals surface area contributed by atoms with Gasteiger partial charge in [-0.05, 0) is 125 Å². The first-order valence-corrected chi connectivity index (χ1v) is 37.5. The molecular formula is C69H114N24O14S2. The molecule has 2 aromatic carbocycles. The zero-order chi connectivity index (χ0) is 81.3. The molecule has 109 heavy (non-hydrogen) atoms. The van der Waals surface area contributed by atoms with Crippen LogP contribution in [-0.2, 0) is 75.2 Å². The molecule has 12 atom stereocenters. The van der Waals surface area contributed by atoms with Crippen molar-refractivity contribution in [3.8, 4) is 5.75 Å². The number of phenolic OH excluding ortho intramolecular Hbond substituents is 1. The molecule has 0 spiro atoms. The quantitative estimate of drug-likeness (QED) is 0.0127. The van der Waals surface area contributed by atoms with Gasteiger partial charge in [0.25, 0.3) is 0 Å². The lowest BCUT2D eigenvalue weighted by atomic mass is 9.96. The van der Waals surface area contributed by atoms with Gasteiger partial charge in [0.1, 0.15) is 66.2 Å². The van der Waals surface area contributed by atoms with E-state index in [2.05, 4.69) is 98.7 Å². The van der Waals surface area contributed by atoms with Crippen LogP contribution in [0.4, 0.5) is 0 Å². The van der Waals surface area contributed by atoms with Crippen molar-refractivity contribution in [2.24, 2.45) is 78.4 Å². The summed E-state index contributed by atoms with van der Waals surface area (Å²) in [4.78, 5) is 194. The number of likely N-dealkylation sites (tertiary alicyclic amines) is 1. The van der Waals surface area contributed by atoms with Crippen molar-refractivity contribution in [3.63, 3.8) is 0 Å². The molecule has 0 unspecified atom stereocenters. The SMILES string of the molecule is CC[C@H](C)[C@H](NC(=O)[C@H](CCCN=C(N)N)NC(=O)[C@H](CCCN=C(N)N)NC(=O)[C@@H](CS)NC(=O)[C@H](Cc1ccccc1)NC(=O)CNC(=O)CNC(=O)[C@@H](N)Cc1ccc(O)cc1)C(=O)N[C@@H](CCCN=C(N)N)C(=O)N1CCC[C@@H]1C(=O)N[C@@H](CCCCN)C(=O)N[C@@H](CC(C)C)C(=O)N[C@@H](CS)C(N)=O. The van der Waals surface area contributed by atoms with Gasteiger partial charge in [-0.25, -0.2) is 0 Å². The molecule has 606 valence electrons. The number of aromatic hydroxyl groups is 1. The summed E-state index contributed by atoms with van der Waals surface area (Å²) in [6.45, 7) is 6.11. The first-order valence-electron chi connectivity index (χ1n) is 36.2. The Hall–Kier alpha value is -10.2. The van der Waals surface area contributed by atoms with Gasteiger partial charge in [0, 0.05) is 44.1 Å². The maximum Gasteiger partial charge on any atom is 0.245 e. The number of rotatable bonds is 50. The number of nitrogens with one attached hydrogen (secondary N) is 11. The molecule has 3 rings (SSSR count). The average molecular weight is 1570 g/mol. The van der Waals surface area contributed by atoms with Gasteiger partial charge in [-0.15, -0.1) is 0 Å². The average Bonchev–Trinajstić information content (AvgIpc) is 1.77. The summed E-state index contributed by atoms with van der Waals surface area (Å²) < 4.78 is 0. The van der Waals surface area contributed by atoms with Crippen LogP contribution in [-0.4, -0.2) is 228 Å². The summed E-state index contributed by atoms with van der Waals surface area (Å²) in [6, 6.07) is 0.172. The van der Waals surface area contributed by atoms with E-state index >= 15 is 0 Å². The van der Waals surface area contributed by atoms with Gasteiger partial charge in [-0.2, -0.15) is 25.3 Å². The topological polar surface area (TPSA) is 649 Å². The molecule has 13 amide bonds. The number of benzene rings is 2. The second-order valence-electron chi connectivity index (χ2n) is 26.8. The van der Waals surface area contributed by atoms with Crippen molar-refractivity contribution in [1.82, 2.24) is 63.4 Å². The number of primary amides is 1. The third-order valence-corrected chi connectivity index (χ3v) is 18.2. The van der Waals surface area contributed by atoms with Crippen LogP contribution in [0.1, 0.15) is 122 Å². The summed E-state index contributed by atoms with van der Waals surface area (Å²) in [5, 5.41) is 38.4. The molecule has 30 N–H and O–H groups in total. The minimum atomic E-state index is -1.49. The molecule has 0 aromatic heterocycles.